The van der Waals surface area contributed by atoms with Crippen LogP contribution in [0.25, 0.3) is 0 Å². The predicted molar refractivity (Wildman–Crippen MR) is 110 cm³/mol. The molecule has 4 amide bonds. The fraction of sp³-hybridized carbons (Fsp3) is 0.227. The standard InChI is InChI=1S/C22H18N4O6/c1-31-15-4-3-14-11-26(18(27)16(14)10-15)12-22(20(29)24-21(30)25-22)7-5-13-6-8-23-17(9-13)19(28)32-2/h3-4,6,8-10H,11-12H2,1-2H3,(H2,24,25,29,30)/t22-/m1/s1. The van der Waals surface area contributed by atoms with Crippen molar-refractivity contribution in [3.05, 3.63) is 58.9 Å². The second-order valence-corrected chi connectivity index (χ2v) is 7.17. The van der Waals surface area contributed by atoms with E-state index in [1.54, 1.807) is 24.3 Å². The third kappa shape index (κ3) is 3.72. The van der Waals surface area contributed by atoms with Crippen molar-refractivity contribution in [3.63, 3.8) is 0 Å². The van der Waals surface area contributed by atoms with Gasteiger partial charge < -0.3 is 19.7 Å². The molecule has 0 aliphatic carbocycles. The average Bonchev–Trinajstić information content (AvgIpc) is 3.26. The molecule has 162 valence electrons. The van der Waals surface area contributed by atoms with E-state index in [1.165, 1.54) is 31.4 Å². The molecule has 0 unspecified atom stereocenters. The van der Waals surface area contributed by atoms with Crippen molar-refractivity contribution < 1.29 is 28.7 Å². The number of amides is 4. The second kappa shape index (κ2) is 8.03. The van der Waals surface area contributed by atoms with E-state index in [9.17, 15) is 19.2 Å². The largest absolute Gasteiger partial charge is 0.497 e. The minimum atomic E-state index is -1.66. The number of hydrogen-bond donors (Lipinski definition) is 2. The Kier molecular flexibility index (Phi) is 5.24. The van der Waals surface area contributed by atoms with Gasteiger partial charge in [0.1, 0.15) is 11.4 Å². The summed E-state index contributed by atoms with van der Waals surface area (Å²) in [7, 11) is 2.74. The lowest BCUT2D eigenvalue weighted by Crippen LogP contribution is -2.54. The zero-order valence-corrected chi connectivity index (χ0v) is 17.2. The number of rotatable bonds is 4. The first-order valence-corrected chi connectivity index (χ1v) is 9.52. The Morgan fingerprint density at radius 3 is 2.72 bits per heavy atom. The topological polar surface area (TPSA) is 127 Å². The number of pyridine rings is 1. The lowest BCUT2D eigenvalue weighted by Gasteiger charge is -2.26. The number of benzene rings is 1. The quantitative estimate of drug-likeness (QED) is 0.407. The van der Waals surface area contributed by atoms with Gasteiger partial charge in [-0.3, -0.25) is 14.9 Å². The van der Waals surface area contributed by atoms with Crippen molar-refractivity contribution in [1.82, 2.24) is 20.5 Å². The van der Waals surface area contributed by atoms with Crippen LogP contribution in [0.15, 0.2) is 36.5 Å². The molecule has 2 N–H and O–H groups in total. The highest BCUT2D eigenvalue weighted by Crippen LogP contribution is 2.28. The fourth-order valence-electron chi connectivity index (χ4n) is 3.52. The molecule has 0 spiro atoms. The summed E-state index contributed by atoms with van der Waals surface area (Å²) in [6, 6.07) is 7.41. The first-order valence-electron chi connectivity index (χ1n) is 9.52. The normalized spacial score (nSPS) is 18.9. The number of imide groups is 1. The summed E-state index contributed by atoms with van der Waals surface area (Å²) in [5.74, 6) is 4.51. The Morgan fingerprint density at radius 2 is 2.03 bits per heavy atom. The van der Waals surface area contributed by atoms with Crippen LogP contribution in [0.3, 0.4) is 0 Å². The van der Waals surface area contributed by atoms with Gasteiger partial charge >= 0.3 is 12.0 Å². The SMILES string of the molecule is COC(=O)c1cc(C#C[C@]2(CN3Cc4ccc(OC)cc4C3=O)NC(=O)NC2=O)ccn1. The maximum absolute atomic E-state index is 12.9. The summed E-state index contributed by atoms with van der Waals surface area (Å²) in [4.78, 5) is 54.6. The molecule has 4 rings (SSSR count). The summed E-state index contributed by atoms with van der Waals surface area (Å²) in [5.41, 5.74) is 0.0181. The predicted octanol–water partition coefficient (Wildman–Crippen LogP) is 0.462. The highest BCUT2D eigenvalue weighted by Gasteiger charge is 2.48. The van der Waals surface area contributed by atoms with Gasteiger partial charge in [0.25, 0.3) is 11.8 Å². The molecular formula is C22H18N4O6. The third-order valence-corrected chi connectivity index (χ3v) is 5.14. The van der Waals surface area contributed by atoms with E-state index in [0.29, 0.717) is 16.9 Å². The number of esters is 1. The Labute approximate surface area is 182 Å². The van der Waals surface area contributed by atoms with E-state index in [1.807, 2.05) is 0 Å². The summed E-state index contributed by atoms with van der Waals surface area (Å²) >= 11 is 0. The van der Waals surface area contributed by atoms with E-state index in [4.69, 9.17) is 4.74 Å². The molecule has 0 radical (unpaired) electrons. The van der Waals surface area contributed by atoms with Crippen molar-refractivity contribution >= 4 is 23.8 Å². The van der Waals surface area contributed by atoms with Crippen LogP contribution in [0.4, 0.5) is 4.79 Å². The first-order chi connectivity index (χ1) is 15.3. The minimum Gasteiger partial charge on any atom is -0.497 e. The van der Waals surface area contributed by atoms with Crippen LogP contribution < -0.4 is 15.4 Å². The maximum Gasteiger partial charge on any atom is 0.356 e. The number of methoxy groups -OCH3 is 2. The van der Waals surface area contributed by atoms with E-state index < -0.39 is 23.4 Å². The summed E-state index contributed by atoms with van der Waals surface area (Å²) in [6.07, 6.45) is 1.38. The molecule has 2 aromatic rings. The fourth-order valence-corrected chi connectivity index (χ4v) is 3.52. The molecule has 1 fully saturated rings. The number of ether oxygens (including phenoxy) is 2. The number of nitrogens with zero attached hydrogens (tertiary/aromatic N) is 2. The van der Waals surface area contributed by atoms with Crippen LogP contribution in [0.2, 0.25) is 0 Å². The summed E-state index contributed by atoms with van der Waals surface area (Å²) in [5, 5.41) is 4.71. The lowest BCUT2D eigenvalue weighted by atomic mass is 9.99. The van der Waals surface area contributed by atoms with Crippen LogP contribution in [0.1, 0.15) is 32.0 Å². The molecule has 1 saturated heterocycles. The van der Waals surface area contributed by atoms with Crippen molar-refractivity contribution in [3.8, 4) is 17.6 Å². The molecule has 1 atom stereocenters. The Bertz CT molecular complexity index is 1210. The zero-order chi connectivity index (χ0) is 22.9. The van der Waals surface area contributed by atoms with Gasteiger partial charge in [-0.2, -0.15) is 0 Å². The smallest absolute Gasteiger partial charge is 0.356 e. The van der Waals surface area contributed by atoms with Gasteiger partial charge in [-0.15, -0.1) is 0 Å². The molecule has 2 aliphatic rings. The van der Waals surface area contributed by atoms with Crippen LogP contribution in [0.5, 0.6) is 5.75 Å². The van der Waals surface area contributed by atoms with Gasteiger partial charge in [-0.1, -0.05) is 17.9 Å². The zero-order valence-electron chi connectivity index (χ0n) is 17.2. The van der Waals surface area contributed by atoms with Gasteiger partial charge in [0, 0.05) is 23.9 Å². The number of hydrogen-bond acceptors (Lipinski definition) is 7. The van der Waals surface area contributed by atoms with E-state index >= 15 is 0 Å². The number of aromatic nitrogens is 1. The average molecular weight is 434 g/mol. The number of nitrogens with one attached hydrogen (secondary N) is 2. The molecule has 3 heterocycles. The summed E-state index contributed by atoms with van der Waals surface area (Å²) in [6.45, 7) is 0.0921. The Balaban J connectivity index is 1.64. The second-order valence-electron chi connectivity index (χ2n) is 7.17. The highest BCUT2D eigenvalue weighted by atomic mass is 16.5. The maximum atomic E-state index is 12.9. The summed E-state index contributed by atoms with van der Waals surface area (Å²) < 4.78 is 9.82. The third-order valence-electron chi connectivity index (χ3n) is 5.14. The molecule has 1 aromatic carbocycles. The number of urea groups is 1. The van der Waals surface area contributed by atoms with Gasteiger partial charge in [-0.05, 0) is 29.8 Å². The molecule has 2 aliphatic heterocycles. The van der Waals surface area contributed by atoms with Crippen LogP contribution in [-0.4, -0.2) is 60.0 Å². The lowest BCUT2D eigenvalue weighted by molar-refractivity contribution is -0.122. The van der Waals surface area contributed by atoms with Crippen molar-refractivity contribution in [1.29, 1.82) is 0 Å². The van der Waals surface area contributed by atoms with Gasteiger partial charge in [0.2, 0.25) is 5.54 Å². The molecule has 0 saturated carbocycles. The Hall–Kier alpha value is -4.39. The van der Waals surface area contributed by atoms with E-state index in [2.05, 4.69) is 32.2 Å². The van der Waals surface area contributed by atoms with E-state index in [0.717, 1.165) is 5.56 Å². The van der Waals surface area contributed by atoms with Crippen molar-refractivity contribution in [2.24, 2.45) is 0 Å². The van der Waals surface area contributed by atoms with Crippen molar-refractivity contribution in [2.45, 2.75) is 12.1 Å². The Morgan fingerprint density at radius 1 is 1.22 bits per heavy atom. The number of carbonyl (C=O) groups excluding carboxylic acids is 4. The van der Waals surface area contributed by atoms with Gasteiger partial charge in [0.15, 0.2) is 0 Å². The van der Waals surface area contributed by atoms with Crippen molar-refractivity contribution in [2.75, 3.05) is 20.8 Å². The highest BCUT2D eigenvalue weighted by molar-refractivity contribution is 6.10. The molecule has 0 bridgehead atoms. The van der Waals surface area contributed by atoms with Gasteiger partial charge in [-0.25, -0.2) is 14.6 Å². The number of fused-ring (bicyclic) bond motifs is 1. The molecule has 10 nitrogen and oxygen atoms in total. The molecule has 32 heavy (non-hydrogen) atoms. The minimum absolute atomic E-state index is 0.0485. The van der Waals surface area contributed by atoms with Crippen LogP contribution in [0, 0.1) is 11.8 Å². The molecule has 10 heteroatoms. The van der Waals surface area contributed by atoms with Crippen LogP contribution >= 0.6 is 0 Å². The monoisotopic (exact) mass is 434 g/mol. The number of carbonyl (C=O) groups is 4. The van der Waals surface area contributed by atoms with E-state index in [-0.39, 0.29) is 24.7 Å². The molecular weight excluding hydrogens is 416 g/mol. The first kappa shape index (κ1) is 20.9. The van der Waals surface area contributed by atoms with Gasteiger partial charge in [0.05, 0.1) is 20.8 Å². The van der Waals surface area contributed by atoms with Crippen LogP contribution in [-0.2, 0) is 16.1 Å². The molecule has 1 aromatic heterocycles.